The molecule has 7 heteroatoms. The van der Waals surface area contributed by atoms with Gasteiger partial charge >= 0.3 is 5.97 Å². The number of likely N-dealkylation sites (N-methyl/N-ethyl adjacent to an activating group) is 1. The first-order valence-corrected chi connectivity index (χ1v) is 12.3. The Kier molecular flexibility index (Phi) is 9.08. The van der Waals surface area contributed by atoms with Crippen molar-refractivity contribution in [3.63, 3.8) is 0 Å². The van der Waals surface area contributed by atoms with Crippen molar-refractivity contribution in [2.45, 2.75) is 6.42 Å². The summed E-state index contributed by atoms with van der Waals surface area (Å²) >= 11 is 0. The van der Waals surface area contributed by atoms with Crippen LogP contribution >= 0.6 is 0 Å². The number of piperazine rings is 1. The Bertz CT molecular complexity index is 1140. The number of rotatable bonds is 11. The van der Waals surface area contributed by atoms with Crippen LogP contribution < -0.4 is 4.74 Å². The van der Waals surface area contributed by atoms with Crippen LogP contribution in [0, 0.1) is 0 Å². The molecule has 1 fully saturated rings. The van der Waals surface area contributed by atoms with E-state index in [0.717, 1.165) is 49.6 Å². The fourth-order valence-electron chi connectivity index (χ4n) is 4.12. The molecule has 0 aromatic heterocycles. The maximum Gasteiger partial charge on any atom is 0.307 e. The minimum Gasteiger partial charge on any atom is -0.490 e. The predicted molar refractivity (Wildman–Crippen MR) is 142 cm³/mol. The van der Waals surface area contributed by atoms with Gasteiger partial charge in [0.15, 0.2) is 6.61 Å². The van der Waals surface area contributed by atoms with Gasteiger partial charge < -0.3 is 19.6 Å². The molecule has 0 amide bonds. The van der Waals surface area contributed by atoms with Crippen molar-refractivity contribution in [1.82, 2.24) is 9.80 Å². The first-order chi connectivity index (χ1) is 17.6. The smallest absolute Gasteiger partial charge is 0.307 e. The number of benzene rings is 3. The fraction of sp³-hybridized carbons (Fsp3) is 0.310. The van der Waals surface area contributed by atoms with E-state index < -0.39 is 5.97 Å². The molecule has 1 aliphatic heterocycles. The van der Waals surface area contributed by atoms with E-state index in [0.29, 0.717) is 17.9 Å². The number of carboxylic acids is 1. The van der Waals surface area contributed by atoms with Gasteiger partial charge in [0.05, 0.1) is 6.42 Å². The van der Waals surface area contributed by atoms with Crippen molar-refractivity contribution < 1.29 is 19.5 Å². The van der Waals surface area contributed by atoms with Gasteiger partial charge in [-0.3, -0.25) is 9.69 Å². The maximum absolute atomic E-state index is 10.9. The summed E-state index contributed by atoms with van der Waals surface area (Å²) in [5.41, 5.74) is 4.98. The lowest BCUT2D eigenvalue weighted by Crippen LogP contribution is -2.46. The van der Waals surface area contributed by atoms with Crippen LogP contribution in [0.15, 0.2) is 84.0 Å². The Morgan fingerprint density at radius 2 is 1.61 bits per heavy atom. The molecule has 0 spiro atoms. The Hall–Kier alpha value is -3.68. The van der Waals surface area contributed by atoms with Gasteiger partial charge in [0.1, 0.15) is 18.1 Å². The molecule has 36 heavy (non-hydrogen) atoms. The van der Waals surface area contributed by atoms with E-state index in [1.807, 2.05) is 24.3 Å². The van der Waals surface area contributed by atoms with Gasteiger partial charge in [-0.1, -0.05) is 71.9 Å². The van der Waals surface area contributed by atoms with Crippen LogP contribution in [-0.4, -0.2) is 79.6 Å². The average Bonchev–Trinajstić information content (AvgIpc) is 2.89. The number of nitrogens with zero attached hydrogens (tertiary/aromatic N) is 3. The number of hydrogen-bond donors (Lipinski definition) is 1. The Morgan fingerprint density at radius 1 is 0.889 bits per heavy atom. The third-order valence-electron chi connectivity index (χ3n) is 6.17. The highest BCUT2D eigenvalue weighted by atomic mass is 16.6. The second kappa shape index (κ2) is 12.9. The molecule has 0 atom stereocenters. The normalized spacial score (nSPS) is 15.0. The Labute approximate surface area is 212 Å². The van der Waals surface area contributed by atoms with Crippen LogP contribution in [-0.2, 0) is 16.1 Å². The highest BCUT2D eigenvalue weighted by Gasteiger charge is 2.17. The van der Waals surface area contributed by atoms with Crippen molar-refractivity contribution in [1.29, 1.82) is 0 Å². The van der Waals surface area contributed by atoms with Crippen LogP contribution in [0.25, 0.3) is 11.1 Å². The van der Waals surface area contributed by atoms with Crippen LogP contribution in [0.1, 0.15) is 11.1 Å². The zero-order valence-corrected chi connectivity index (χ0v) is 20.7. The van der Waals surface area contributed by atoms with Crippen molar-refractivity contribution in [2.75, 3.05) is 53.0 Å². The minimum atomic E-state index is -0.866. The molecule has 0 aliphatic carbocycles. The van der Waals surface area contributed by atoms with Gasteiger partial charge in [-0.15, -0.1) is 0 Å². The third-order valence-corrected chi connectivity index (χ3v) is 6.17. The second-order valence-corrected chi connectivity index (χ2v) is 8.96. The molecule has 1 N–H and O–H groups in total. The molecule has 0 bridgehead atoms. The predicted octanol–water partition coefficient (Wildman–Crippen LogP) is 4.03. The number of oxime groups is 1. The summed E-state index contributed by atoms with van der Waals surface area (Å²) in [5, 5.41) is 13.5. The van der Waals surface area contributed by atoms with Gasteiger partial charge in [-0.2, -0.15) is 0 Å². The van der Waals surface area contributed by atoms with E-state index in [1.54, 1.807) is 18.2 Å². The molecular weight excluding hydrogens is 454 g/mol. The molecule has 0 saturated carbocycles. The highest BCUT2D eigenvalue weighted by molar-refractivity contribution is 6.02. The molecule has 3 aromatic carbocycles. The topological polar surface area (TPSA) is 74.6 Å². The van der Waals surface area contributed by atoms with E-state index in [1.165, 1.54) is 5.56 Å². The minimum absolute atomic E-state index is 0.0310. The monoisotopic (exact) mass is 487 g/mol. The highest BCUT2D eigenvalue weighted by Crippen LogP contribution is 2.20. The van der Waals surface area contributed by atoms with Crippen LogP contribution in [0.4, 0.5) is 0 Å². The van der Waals surface area contributed by atoms with Crippen LogP contribution in [0.3, 0.4) is 0 Å². The van der Waals surface area contributed by atoms with Crippen molar-refractivity contribution in [3.05, 3.63) is 90.0 Å². The number of carbonyl (C=O) groups is 1. The quantitative estimate of drug-likeness (QED) is 0.250. The molecule has 7 nitrogen and oxygen atoms in total. The van der Waals surface area contributed by atoms with Gasteiger partial charge in [0.25, 0.3) is 0 Å². The molecule has 1 saturated heterocycles. The summed E-state index contributed by atoms with van der Waals surface area (Å²) in [6, 6.07) is 25.9. The van der Waals surface area contributed by atoms with Crippen molar-refractivity contribution in [2.24, 2.45) is 5.16 Å². The zero-order chi connectivity index (χ0) is 25.2. The zero-order valence-electron chi connectivity index (χ0n) is 20.7. The summed E-state index contributed by atoms with van der Waals surface area (Å²) in [5.74, 6) is -0.245. The lowest BCUT2D eigenvalue weighted by Gasteiger charge is -2.32. The number of aliphatic carboxylic acids is 1. The van der Waals surface area contributed by atoms with E-state index in [2.05, 4.69) is 58.4 Å². The maximum atomic E-state index is 10.9. The summed E-state index contributed by atoms with van der Waals surface area (Å²) in [7, 11) is 2.15. The third kappa shape index (κ3) is 7.66. The van der Waals surface area contributed by atoms with Gasteiger partial charge in [-0.05, 0) is 35.9 Å². The molecule has 1 aliphatic rings. The first kappa shape index (κ1) is 25.4. The summed E-state index contributed by atoms with van der Waals surface area (Å²) in [6.45, 7) is 5.38. The standard InChI is InChI=1S/C29H33N3O4/c1-31-14-16-32(17-15-31)22-28(26-12-10-25(11-13-26)24-7-3-2-4-8-24)30-36-19-18-35-27-9-5-6-23(20-27)21-29(33)34/h2-13,20H,14-19,21-22H2,1H3,(H,33,34)/b30-28+. The molecule has 4 rings (SSSR count). The average molecular weight is 488 g/mol. The molecule has 188 valence electrons. The SMILES string of the molecule is CN1CCN(C/C(=N\OCCOc2cccc(CC(=O)O)c2)c2ccc(-c3ccccc3)cc2)CC1. The lowest BCUT2D eigenvalue weighted by molar-refractivity contribution is -0.136. The van der Waals surface area contributed by atoms with E-state index in [9.17, 15) is 4.79 Å². The lowest BCUT2D eigenvalue weighted by atomic mass is 10.0. The van der Waals surface area contributed by atoms with Crippen molar-refractivity contribution in [3.8, 4) is 16.9 Å². The Balaban J connectivity index is 1.38. The second-order valence-electron chi connectivity index (χ2n) is 8.96. The first-order valence-electron chi connectivity index (χ1n) is 12.3. The fourth-order valence-corrected chi connectivity index (χ4v) is 4.12. The largest absolute Gasteiger partial charge is 0.490 e. The molecule has 3 aromatic rings. The van der Waals surface area contributed by atoms with Gasteiger partial charge in [0, 0.05) is 38.3 Å². The summed E-state index contributed by atoms with van der Waals surface area (Å²) < 4.78 is 5.74. The van der Waals surface area contributed by atoms with E-state index in [-0.39, 0.29) is 13.0 Å². The van der Waals surface area contributed by atoms with E-state index in [4.69, 9.17) is 14.7 Å². The van der Waals surface area contributed by atoms with Crippen LogP contribution in [0.5, 0.6) is 5.75 Å². The molecule has 0 unspecified atom stereocenters. The number of hydrogen-bond acceptors (Lipinski definition) is 6. The molecule has 1 heterocycles. The summed E-state index contributed by atoms with van der Waals surface area (Å²) in [6.07, 6.45) is -0.0310. The van der Waals surface area contributed by atoms with Gasteiger partial charge in [-0.25, -0.2) is 0 Å². The van der Waals surface area contributed by atoms with Crippen molar-refractivity contribution >= 4 is 11.7 Å². The van der Waals surface area contributed by atoms with Crippen LogP contribution in [0.2, 0.25) is 0 Å². The number of ether oxygens (including phenoxy) is 1. The van der Waals surface area contributed by atoms with Gasteiger partial charge in [0.2, 0.25) is 0 Å². The summed E-state index contributed by atoms with van der Waals surface area (Å²) in [4.78, 5) is 21.3. The Morgan fingerprint density at radius 3 is 2.33 bits per heavy atom. The molecular formula is C29H33N3O4. The van der Waals surface area contributed by atoms with E-state index >= 15 is 0 Å². The number of carboxylic acid groups (broad SMARTS) is 1. The molecule has 0 radical (unpaired) electrons.